The summed E-state index contributed by atoms with van der Waals surface area (Å²) in [5.74, 6) is 0.608. The van der Waals surface area contributed by atoms with Crippen LogP contribution in [0.3, 0.4) is 0 Å². The van der Waals surface area contributed by atoms with Crippen LogP contribution in [0.15, 0.2) is 24.3 Å². The van der Waals surface area contributed by atoms with Gasteiger partial charge in [-0.25, -0.2) is 13.1 Å². The normalized spacial score (nSPS) is 13.4. The van der Waals surface area contributed by atoms with Crippen molar-refractivity contribution in [2.45, 2.75) is 32.2 Å². The van der Waals surface area contributed by atoms with Crippen molar-refractivity contribution in [3.8, 4) is 0 Å². The summed E-state index contributed by atoms with van der Waals surface area (Å²) in [4.78, 5) is 0. The summed E-state index contributed by atoms with van der Waals surface area (Å²) in [6.45, 7) is 1.84. The second-order valence-corrected chi connectivity index (χ2v) is 7.19. The van der Waals surface area contributed by atoms with Crippen molar-refractivity contribution in [2.75, 3.05) is 11.6 Å². The number of sulfonamides is 1. The molecule has 0 amide bonds. The van der Waals surface area contributed by atoms with Gasteiger partial charge in [-0.2, -0.15) is 0 Å². The molecule has 0 heterocycles. The minimum atomic E-state index is -3.24. The van der Waals surface area contributed by atoms with Crippen molar-refractivity contribution < 1.29 is 8.42 Å². The van der Waals surface area contributed by atoms with Gasteiger partial charge >= 0.3 is 0 Å². The van der Waals surface area contributed by atoms with Crippen molar-refractivity contribution in [3.63, 3.8) is 0 Å². The van der Waals surface area contributed by atoms with Crippen molar-refractivity contribution in [3.05, 3.63) is 34.9 Å². The third-order valence-corrected chi connectivity index (χ3v) is 4.88. The third kappa shape index (κ3) is 6.61. The molecular weight excluding hydrogens is 305 g/mol. The maximum absolute atomic E-state index is 11.8. The van der Waals surface area contributed by atoms with Crippen molar-refractivity contribution in [1.82, 2.24) is 4.72 Å². The number of alkyl halides is 1. The molecule has 19 heavy (non-hydrogen) atoms. The highest BCUT2D eigenvalue weighted by Crippen LogP contribution is 2.16. The molecule has 6 heteroatoms. The third-order valence-electron chi connectivity index (χ3n) is 2.66. The van der Waals surface area contributed by atoms with Crippen LogP contribution >= 0.6 is 23.2 Å². The molecular formula is C13H19Cl2NO2S. The van der Waals surface area contributed by atoms with Gasteiger partial charge in [-0.3, -0.25) is 0 Å². The molecule has 108 valence electrons. The zero-order valence-corrected chi connectivity index (χ0v) is 13.2. The molecule has 0 bridgehead atoms. The summed E-state index contributed by atoms with van der Waals surface area (Å²) in [5, 5.41) is 0.663. The Bertz CT molecular complexity index is 491. The van der Waals surface area contributed by atoms with E-state index in [0.717, 1.165) is 5.56 Å². The number of rotatable bonds is 8. The summed E-state index contributed by atoms with van der Waals surface area (Å²) in [6, 6.07) is 7.27. The van der Waals surface area contributed by atoms with E-state index in [1.165, 1.54) is 0 Å². The predicted octanol–water partition coefficient (Wildman–Crippen LogP) is 3.21. The predicted molar refractivity (Wildman–Crippen MR) is 81.5 cm³/mol. The van der Waals surface area contributed by atoms with Crippen LogP contribution in [0.4, 0.5) is 0 Å². The van der Waals surface area contributed by atoms with Gasteiger partial charge < -0.3 is 0 Å². The molecule has 0 saturated heterocycles. The molecule has 0 radical (unpaired) electrons. The maximum atomic E-state index is 11.8. The van der Waals surface area contributed by atoms with Crippen LogP contribution in [-0.4, -0.2) is 26.1 Å². The van der Waals surface area contributed by atoms with Crippen LogP contribution < -0.4 is 4.72 Å². The Hall–Kier alpha value is -0.290. The van der Waals surface area contributed by atoms with E-state index < -0.39 is 10.0 Å². The van der Waals surface area contributed by atoms with Crippen LogP contribution in [0.1, 0.15) is 25.3 Å². The monoisotopic (exact) mass is 323 g/mol. The van der Waals surface area contributed by atoms with Gasteiger partial charge in [0.05, 0.1) is 5.75 Å². The van der Waals surface area contributed by atoms with Gasteiger partial charge in [-0.15, -0.1) is 11.6 Å². The molecule has 1 aromatic rings. The van der Waals surface area contributed by atoms with Crippen LogP contribution in [0.2, 0.25) is 5.02 Å². The fraction of sp³-hybridized carbons (Fsp3) is 0.538. The largest absolute Gasteiger partial charge is 0.212 e. The van der Waals surface area contributed by atoms with E-state index in [4.69, 9.17) is 23.2 Å². The summed E-state index contributed by atoms with van der Waals surface area (Å²) in [6.07, 6.45) is 1.87. The van der Waals surface area contributed by atoms with Crippen LogP contribution in [0, 0.1) is 0 Å². The van der Waals surface area contributed by atoms with E-state index in [9.17, 15) is 8.42 Å². The molecule has 1 rings (SSSR count). The highest BCUT2D eigenvalue weighted by atomic mass is 35.5. The van der Waals surface area contributed by atoms with Gasteiger partial charge in [0.1, 0.15) is 0 Å². The Labute approximate surface area is 125 Å². The first-order valence-electron chi connectivity index (χ1n) is 6.24. The number of unbranched alkanes of at least 4 members (excludes halogenated alkanes) is 1. The first kappa shape index (κ1) is 16.8. The average Bonchev–Trinajstić information content (AvgIpc) is 2.31. The van der Waals surface area contributed by atoms with E-state index in [1.807, 2.05) is 25.1 Å². The van der Waals surface area contributed by atoms with E-state index in [2.05, 4.69) is 4.72 Å². The summed E-state index contributed by atoms with van der Waals surface area (Å²) in [7, 11) is -3.24. The average molecular weight is 324 g/mol. The summed E-state index contributed by atoms with van der Waals surface area (Å²) < 4.78 is 26.3. The minimum Gasteiger partial charge on any atom is -0.212 e. The van der Waals surface area contributed by atoms with Gasteiger partial charge in [0, 0.05) is 16.9 Å². The van der Waals surface area contributed by atoms with Crippen molar-refractivity contribution >= 4 is 33.2 Å². The molecule has 0 aliphatic heterocycles. The molecule has 0 aromatic heterocycles. The van der Waals surface area contributed by atoms with Gasteiger partial charge in [0.2, 0.25) is 10.0 Å². The lowest BCUT2D eigenvalue weighted by Gasteiger charge is -2.15. The number of hydrogen-bond acceptors (Lipinski definition) is 2. The van der Waals surface area contributed by atoms with Gasteiger partial charge in [0.15, 0.2) is 0 Å². The zero-order chi connectivity index (χ0) is 14.3. The topological polar surface area (TPSA) is 46.2 Å². The molecule has 1 unspecified atom stereocenters. The van der Waals surface area contributed by atoms with Crippen LogP contribution in [0.25, 0.3) is 0 Å². The molecule has 3 nitrogen and oxygen atoms in total. The quantitative estimate of drug-likeness (QED) is 0.589. The van der Waals surface area contributed by atoms with Crippen LogP contribution in [0.5, 0.6) is 0 Å². The smallest absolute Gasteiger partial charge is 0.211 e. The van der Waals surface area contributed by atoms with E-state index >= 15 is 0 Å². The highest BCUT2D eigenvalue weighted by Gasteiger charge is 2.15. The second-order valence-electron chi connectivity index (χ2n) is 4.53. The molecule has 0 fully saturated rings. The zero-order valence-electron chi connectivity index (χ0n) is 10.9. The van der Waals surface area contributed by atoms with Gasteiger partial charge in [-0.1, -0.05) is 29.8 Å². The Morgan fingerprint density at radius 3 is 2.58 bits per heavy atom. The van der Waals surface area contributed by atoms with Crippen molar-refractivity contribution in [2.24, 2.45) is 0 Å². The van der Waals surface area contributed by atoms with Crippen molar-refractivity contribution in [1.29, 1.82) is 0 Å². The lowest BCUT2D eigenvalue weighted by atomic mass is 10.1. The summed E-state index contributed by atoms with van der Waals surface area (Å²) in [5.41, 5.74) is 0.945. The molecule has 1 atom stereocenters. The standard InChI is InChI=1S/C13H19Cl2NO2S/c1-11(10-12-6-2-3-7-13(12)15)16-19(17,18)9-5-4-8-14/h2-3,6-7,11,16H,4-5,8-10H2,1H3. The number of nitrogens with one attached hydrogen (secondary N) is 1. The Morgan fingerprint density at radius 1 is 1.26 bits per heavy atom. The second kappa shape index (κ2) is 8.10. The van der Waals surface area contributed by atoms with E-state index in [0.29, 0.717) is 30.2 Å². The Kier molecular flexibility index (Phi) is 7.15. The minimum absolute atomic E-state index is 0.118. The highest BCUT2D eigenvalue weighted by molar-refractivity contribution is 7.89. The summed E-state index contributed by atoms with van der Waals surface area (Å²) >= 11 is 11.6. The lowest BCUT2D eigenvalue weighted by molar-refractivity contribution is 0.557. The molecule has 1 aromatic carbocycles. The molecule has 0 aliphatic carbocycles. The molecule has 0 aliphatic rings. The van der Waals surface area contributed by atoms with Gasteiger partial charge in [0.25, 0.3) is 0 Å². The number of hydrogen-bond donors (Lipinski definition) is 1. The van der Waals surface area contributed by atoms with Crippen LogP contribution in [-0.2, 0) is 16.4 Å². The fourth-order valence-corrected chi connectivity index (χ4v) is 3.59. The number of halogens is 2. The molecule has 0 saturated carbocycles. The number of benzene rings is 1. The maximum Gasteiger partial charge on any atom is 0.211 e. The fourth-order valence-electron chi connectivity index (χ4n) is 1.79. The first-order valence-corrected chi connectivity index (χ1v) is 8.80. The Morgan fingerprint density at radius 2 is 1.95 bits per heavy atom. The van der Waals surface area contributed by atoms with E-state index in [1.54, 1.807) is 6.07 Å². The SMILES string of the molecule is CC(Cc1ccccc1Cl)NS(=O)(=O)CCCCCl. The Balaban J connectivity index is 2.51. The van der Waals surface area contributed by atoms with E-state index in [-0.39, 0.29) is 11.8 Å². The lowest BCUT2D eigenvalue weighted by Crippen LogP contribution is -2.35. The molecule has 0 spiro atoms. The first-order chi connectivity index (χ1) is 8.94. The van der Waals surface area contributed by atoms with Gasteiger partial charge in [-0.05, 0) is 37.8 Å². The molecule has 1 N–H and O–H groups in total.